The molecule has 1 aromatic heterocycles. The minimum atomic E-state index is -0.986. The van der Waals surface area contributed by atoms with Crippen molar-refractivity contribution in [2.24, 2.45) is 0 Å². The van der Waals surface area contributed by atoms with Crippen molar-refractivity contribution < 1.29 is 24.2 Å². The standard InChI is InChI=1S/C29H31N3O5/c1-36-27-15-21(28(33)34)7-6-20(27)14-22-18-32(17-19-10-12-30-13-11-19)26-9-8-23(16-25(22)26)31-29(35)37-24-4-2-3-5-24/h6-13,15-16,22,24H,2-5,14,17-18H2,1H3,(H,31,35)(H,33,34). The normalized spacial score (nSPS) is 16.9. The Bertz CT molecular complexity index is 1270. The zero-order valence-corrected chi connectivity index (χ0v) is 20.9. The van der Waals surface area contributed by atoms with Crippen LogP contribution in [0.3, 0.4) is 0 Å². The summed E-state index contributed by atoms with van der Waals surface area (Å²) in [6, 6.07) is 15.0. The average Bonchev–Trinajstić information content (AvgIpc) is 3.52. The van der Waals surface area contributed by atoms with Crippen molar-refractivity contribution in [3.8, 4) is 5.75 Å². The Morgan fingerprint density at radius 3 is 2.59 bits per heavy atom. The van der Waals surface area contributed by atoms with Crippen LogP contribution in [0, 0.1) is 0 Å². The molecule has 1 unspecified atom stereocenters. The lowest BCUT2D eigenvalue weighted by molar-refractivity contribution is 0.0696. The number of aromatic nitrogens is 1. The highest BCUT2D eigenvalue weighted by Crippen LogP contribution is 2.41. The fourth-order valence-electron chi connectivity index (χ4n) is 5.36. The van der Waals surface area contributed by atoms with Crippen LogP contribution in [-0.4, -0.2) is 41.9 Å². The van der Waals surface area contributed by atoms with Crippen LogP contribution in [-0.2, 0) is 17.7 Å². The van der Waals surface area contributed by atoms with E-state index >= 15 is 0 Å². The number of anilines is 2. The highest BCUT2D eigenvalue weighted by atomic mass is 16.6. The van der Waals surface area contributed by atoms with Crippen LogP contribution in [0.4, 0.5) is 16.2 Å². The molecule has 0 saturated heterocycles. The van der Waals surface area contributed by atoms with Gasteiger partial charge in [0.05, 0.1) is 12.7 Å². The van der Waals surface area contributed by atoms with Crippen molar-refractivity contribution in [3.63, 3.8) is 0 Å². The number of rotatable bonds is 8. The molecule has 2 aromatic carbocycles. The monoisotopic (exact) mass is 501 g/mol. The molecule has 1 atom stereocenters. The van der Waals surface area contributed by atoms with Crippen LogP contribution < -0.4 is 15.0 Å². The number of nitrogens with one attached hydrogen (secondary N) is 1. The van der Waals surface area contributed by atoms with Gasteiger partial charge in [0.1, 0.15) is 11.9 Å². The van der Waals surface area contributed by atoms with Crippen LogP contribution in [0.25, 0.3) is 0 Å². The maximum Gasteiger partial charge on any atom is 0.411 e. The van der Waals surface area contributed by atoms with Crippen LogP contribution >= 0.6 is 0 Å². The van der Waals surface area contributed by atoms with Crippen LogP contribution in [0.15, 0.2) is 60.9 Å². The number of aromatic carboxylic acids is 1. The highest BCUT2D eigenvalue weighted by Gasteiger charge is 2.30. The summed E-state index contributed by atoms with van der Waals surface area (Å²) in [5.41, 5.74) is 5.22. The van der Waals surface area contributed by atoms with E-state index in [0.29, 0.717) is 17.9 Å². The molecule has 2 N–H and O–H groups in total. The number of nitrogens with zero attached hydrogens (tertiary/aromatic N) is 2. The molecule has 192 valence electrons. The summed E-state index contributed by atoms with van der Waals surface area (Å²) >= 11 is 0. The number of hydrogen-bond acceptors (Lipinski definition) is 6. The van der Waals surface area contributed by atoms with E-state index in [4.69, 9.17) is 9.47 Å². The predicted molar refractivity (Wildman–Crippen MR) is 140 cm³/mol. The lowest BCUT2D eigenvalue weighted by Crippen LogP contribution is -2.22. The first kappa shape index (κ1) is 24.6. The summed E-state index contributed by atoms with van der Waals surface area (Å²) in [5.74, 6) is -0.308. The molecular formula is C29H31N3O5. The molecule has 0 radical (unpaired) electrons. The topological polar surface area (TPSA) is 101 Å². The largest absolute Gasteiger partial charge is 0.496 e. The predicted octanol–water partition coefficient (Wildman–Crippen LogP) is 5.63. The molecule has 3 aromatic rings. The van der Waals surface area contributed by atoms with Crippen LogP contribution in [0.5, 0.6) is 5.75 Å². The first-order valence-electron chi connectivity index (χ1n) is 12.7. The van der Waals surface area contributed by atoms with Gasteiger partial charge in [-0.2, -0.15) is 0 Å². The Labute approximate surface area is 216 Å². The van der Waals surface area contributed by atoms with Gasteiger partial charge in [0.15, 0.2) is 0 Å². The fourth-order valence-corrected chi connectivity index (χ4v) is 5.36. The number of pyridine rings is 1. The van der Waals surface area contributed by atoms with Crippen molar-refractivity contribution in [1.82, 2.24) is 4.98 Å². The van der Waals surface area contributed by atoms with E-state index in [1.807, 2.05) is 36.4 Å². The molecular weight excluding hydrogens is 470 g/mol. The first-order valence-corrected chi connectivity index (χ1v) is 12.7. The van der Waals surface area contributed by atoms with Crippen molar-refractivity contribution in [1.29, 1.82) is 0 Å². The van der Waals surface area contributed by atoms with Crippen molar-refractivity contribution >= 4 is 23.4 Å². The number of carbonyl (C=O) groups excluding carboxylic acids is 1. The van der Waals surface area contributed by atoms with E-state index in [9.17, 15) is 14.7 Å². The number of carboxylic acids is 1. The summed E-state index contributed by atoms with van der Waals surface area (Å²) in [6.07, 6.45) is 7.88. The number of methoxy groups -OCH3 is 1. The zero-order valence-electron chi connectivity index (χ0n) is 20.9. The summed E-state index contributed by atoms with van der Waals surface area (Å²) in [6.45, 7) is 1.51. The number of fused-ring (bicyclic) bond motifs is 1. The zero-order chi connectivity index (χ0) is 25.8. The van der Waals surface area contributed by atoms with E-state index in [-0.39, 0.29) is 17.6 Å². The number of hydrogen-bond donors (Lipinski definition) is 2. The first-order chi connectivity index (χ1) is 18.0. The van der Waals surface area contributed by atoms with E-state index in [2.05, 4.69) is 15.2 Å². The van der Waals surface area contributed by atoms with E-state index in [1.165, 1.54) is 0 Å². The van der Waals surface area contributed by atoms with Crippen LogP contribution in [0.2, 0.25) is 0 Å². The Morgan fingerprint density at radius 2 is 1.86 bits per heavy atom. The van der Waals surface area contributed by atoms with Gasteiger partial charge < -0.3 is 19.5 Å². The fraction of sp³-hybridized carbons (Fsp3) is 0.345. The SMILES string of the molecule is COc1cc(C(=O)O)ccc1CC1CN(Cc2ccncc2)c2ccc(NC(=O)OC3CCCC3)cc21. The second kappa shape index (κ2) is 10.9. The number of benzene rings is 2. The summed E-state index contributed by atoms with van der Waals surface area (Å²) in [7, 11) is 1.56. The maximum absolute atomic E-state index is 12.5. The maximum atomic E-state index is 12.5. The molecule has 1 amide bonds. The smallest absolute Gasteiger partial charge is 0.411 e. The molecule has 2 heterocycles. The van der Waals surface area contributed by atoms with Gasteiger partial charge in [-0.15, -0.1) is 0 Å². The molecule has 1 aliphatic carbocycles. The van der Waals surface area contributed by atoms with Crippen LogP contribution in [0.1, 0.15) is 58.6 Å². The van der Waals surface area contributed by atoms with E-state index in [1.54, 1.807) is 31.6 Å². The Balaban J connectivity index is 1.40. The quantitative estimate of drug-likeness (QED) is 0.413. The van der Waals surface area contributed by atoms with Gasteiger partial charge in [0.2, 0.25) is 0 Å². The number of amides is 1. The molecule has 8 heteroatoms. The third-order valence-corrected chi connectivity index (χ3v) is 7.19. The van der Waals surface area contributed by atoms with E-state index in [0.717, 1.165) is 61.2 Å². The molecule has 2 aliphatic rings. The molecule has 5 rings (SSSR count). The second-order valence-corrected chi connectivity index (χ2v) is 9.68. The molecule has 1 saturated carbocycles. The Morgan fingerprint density at radius 1 is 1.08 bits per heavy atom. The molecule has 8 nitrogen and oxygen atoms in total. The minimum absolute atomic E-state index is 0.000677. The van der Waals surface area contributed by atoms with Gasteiger partial charge in [-0.25, -0.2) is 9.59 Å². The molecule has 1 aliphatic heterocycles. The number of carboxylic acid groups (broad SMARTS) is 1. The van der Waals surface area contributed by atoms with E-state index < -0.39 is 12.1 Å². The lowest BCUT2D eigenvalue weighted by atomic mass is 9.92. The summed E-state index contributed by atoms with van der Waals surface area (Å²) in [5, 5.41) is 12.3. The van der Waals surface area contributed by atoms with Gasteiger partial charge in [-0.1, -0.05) is 6.07 Å². The average molecular weight is 502 g/mol. The summed E-state index contributed by atoms with van der Waals surface area (Å²) < 4.78 is 11.1. The van der Waals surface area contributed by atoms with Gasteiger partial charge >= 0.3 is 12.1 Å². The third-order valence-electron chi connectivity index (χ3n) is 7.19. The molecule has 1 fully saturated rings. The summed E-state index contributed by atoms with van der Waals surface area (Å²) in [4.78, 5) is 30.4. The van der Waals surface area contributed by atoms with Gasteiger partial charge in [0.25, 0.3) is 0 Å². The van der Waals surface area contributed by atoms with Crippen molar-refractivity contribution in [2.75, 3.05) is 23.9 Å². The number of carbonyl (C=O) groups is 2. The molecule has 0 bridgehead atoms. The highest BCUT2D eigenvalue weighted by molar-refractivity contribution is 5.88. The molecule has 37 heavy (non-hydrogen) atoms. The number of ether oxygens (including phenoxy) is 2. The molecule has 0 spiro atoms. The van der Waals surface area contributed by atoms with Gasteiger partial charge in [0, 0.05) is 42.8 Å². The lowest BCUT2D eigenvalue weighted by Gasteiger charge is -2.20. The Kier molecular flexibility index (Phi) is 7.25. The second-order valence-electron chi connectivity index (χ2n) is 9.68. The Hall–Kier alpha value is -4.07. The van der Waals surface area contributed by atoms with Crippen molar-refractivity contribution in [3.05, 3.63) is 83.2 Å². The third kappa shape index (κ3) is 5.69. The van der Waals surface area contributed by atoms with Crippen molar-refractivity contribution in [2.45, 2.75) is 50.7 Å². The van der Waals surface area contributed by atoms with Gasteiger partial charge in [-0.05, 0) is 91.3 Å². The van der Waals surface area contributed by atoms with Gasteiger partial charge in [-0.3, -0.25) is 10.3 Å². The minimum Gasteiger partial charge on any atom is -0.496 e.